The predicted octanol–water partition coefficient (Wildman–Crippen LogP) is 5.26. The number of aryl methyl sites for hydroxylation is 1. The molecule has 0 saturated carbocycles. The highest BCUT2D eigenvalue weighted by atomic mass is 32.1. The summed E-state index contributed by atoms with van der Waals surface area (Å²) in [5.74, 6) is -1.18. The Kier molecular flexibility index (Phi) is 9.96. The maximum absolute atomic E-state index is 13.8. The van der Waals surface area contributed by atoms with Gasteiger partial charge in [0.25, 0.3) is 5.91 Å². The van der Waals surface area contributed by atoms with Crippen LogP contribution in [-0.2, 0) is 20.7 Å². The number of benzene rings is 3. The molecular formula is C30H34N4O4S. The van der Waals surface area contributed by atoms with E-state index in [0.717, 1.165) is 27.7 Å². The number of nitrogens with zero attached hydrogens (tertiary/aromatic N) is 2. The van der Waals surface area contributed by atoms with Crippen LogP contribution in [0.3, 0.4) is 0 Å². The van der Waals surface area contributed by atoms with Gasteiger partial charge >= 0.3 is 6.09 Å². The van der Waals surface area contributed by atoms with Crippen molar-refractivity contribution in [2.45, 2.75) is 51.8 Å². The number of nitriles is 1. The largest absolute Gasteiger partial charge is 0.444 e. The molecule has 0 spiro atoms. The molecule has 0 aromatic heterocycles. The molecule has 2 atom stereocenters. The van der Waals surface area contributed by atoms with E-state index in [2.05, 4.69) is 23.3 Å². The molecule has 0 radical (unpaired) electrons. The third-order valence-corrected chi connectivity index (χ3v) is 6.34. The molecule has 2 unspecified atom stereocenters. The summed E-state index contributed by atoms with van der Waals surface area (Å²) in [4.78, 5) is 41.1. The number of fused-ring (bicyclic) bond motifs is 1. The zero-order valence-corrected chi connectivity index (χ0v) is 23.5. The zero-order chi connectivity index (χ0) is 28.6. The summed E-state index contributed by atoms with van der Waals surface area (Å²) in [5.41, 5.74) is 1.37. The van der Waals surface area contributed by atoms with Crippen molar-refractivity contribution in [1.29, 1.82) is 5.26 Å². The summed E-state index contributed by atoms with van der Waals surface area (Å²) in [7, 11) is 0. The van der Waals surface area contributed by atoms with Crippen molar-refractivity contribution in [3.63, 3.8) is 0 Å². The van der Waals surface area contributed by atoms with E-state index in [0.29, 0.717) is 11.3 Å². The van der Waals surface area contributed by atoms with Gasteiger partial charge in [0.1, 0.15) is 24.2 Å². The number of carbonyl (C=O) groups excluding carboxylic acids is 3. The second-order valence-electron chi connectivity index (χ2n) is 10.1. The summed E-state index contributed by atoms with van der Waals surface area (Å²) < 4.78 is 5.29. The lowest BCUT2D eigenvalue weighted by Crippen LogP contribution is -2.53. The van der Waals surface area contributed by atoms with E-state index in [1.54, 1.807) is 39.0 Å². The number of hydrogen-bond acceptors (Lipinski definition) is 6. The van der Waals surface area contributed by atoms with Crippen LogP contribution in [0, 0.1) is 11.3 Å². The number of amides is 3. The number of hydrogen-bond donors (Lipinski definition) is 3. The van der Waals surface area contributed by atoms with Crippen molar-refractivity contribution in [3.05, 3.63) is 77.9 Å². The van der Waals surface area contributed by atoms with Gasteiger partial charge in [0.15, 0.2) is 0 Å². The quantitative estimate of drug-likeness (QED) is 0.251. The van der Waals surface area contributed by atoms with Crippen LogP contribution in [-0.4, -0.2) is 46.7 Å². The fraction of sp³-hybridized carbons (Fsp3) is 0.333. The standard InChI is InChI=1S/C30H34N4O4S/c1-5-20-10-12-22(13-11-20)26(27(35)32-24-15-14-21-8-6-7-9-23(21)18-24)34(17-16-31)28(36)25(19-39)33-29(37)38-30(2,3)4/h6-15,18,25-26,39H,5,17,19H2,1-4H3,(H,32,35)(H,33,37). The van der Waals surface area contributed by atoms with Gasteiger partial charge in [-0.25, -0.2) is 4.79 Å². The number of nitrogens with one attached hydrogen (secondary N) is 2. The van der Waals surface area contributed by atoms with Crippen molar-refractivity contribution in [2.24, 2.45) is 0 Å². The first-order valence-corrected chi connectivity index (χ1v) is 13.4. The highest BCUT2D eigenvalue weighted by molar-refractivity contribution is 7.80. The summed E-state index contributed by atoms with van der Waals surface area (Å²) in [5, 5.41) is 17.0. The smallest absolute Gasteiger partial charge is 0.408 e. The first kappa shape index (κ1) is 29.5. The summed E-state index contributed by atoms with van der Waals surface area (Å²) in [6.45, 7) is 6.76. The van der Waals surface area contributed by atoms with E-state index in [4.69, 9.17) is 4.74 Å². The van der Waals surface area contributed by atoms with Gasteiger partial charge < -0.3 is 20.3 Å². The average molecular weight is 547 g/mol. The predicted molar refractivity (Wildman–Crippen MR) is 155 cm³/mol. The molecule has 0 fully saturated rings. The number of alkyl carbamates (subject to hydrolysis) is 1. The molecule has 9 heteroatoms. The first-order valence-electron chi connectivity index (χ1n) is 12.7. The van der Waals surface area contributed by atoms with Crippen LogP contribution in [0.1, 0.15) is 44.9 Å². The lowest BCUT2D eigenvalue weighted by molar-refractivity contribution is -0.139. The SMILES string of the molecule is CCc1ccc(C(C(=O)Nc2ccc3ccccc3c2)N(CC#N)C(=O)C(CS)NC(=O)OC(C)(C)C)cc1. The molecule has 0 aliphatic carbocycles. The average Bonchev–Trinajstić information content (AvgIpc) is 2.90. The number of carbonyl (C=O) groups is 3. The molecule has 39 heavy (non-hydrogen) atoms. The van der Waals surface area contributed by atoms with Crippen LogP contribution in [0.2, 0.25) is 0 Å². The second-order valence-corrected chi connectivity index (χ2v) is 10.4. The third kappa shape index (κ3) is 7.98. The van der Waals surface area contributed by atoms with Crippen molar-refractivity contribution in [3.8, 4) is 6.07 Å². The Bertz CT molecular complexity index is 1360. The molecule has 3 rings (SSSR count). The van der Waals surface area contributed by atoms with Crippen LogP contribution in [0.4, 0.5) is 10.5 Å². The Labute approximate surface area is 234 Å². The van der Waals surface area contributed by atoms with Crippen LogP contribution in [0.5, 0.6) is 0 Å². The zero-order valence-electron chi connectivity index (χ0n) is 22.6. The molecule has 0 aliphatic heterocycles. The van der Waals surface area contributed by atoms with Crippen molar-refractivity contribution < 1.29 is 19.1 Å². The number of thiol groups is 1. The van der Waals surface area contributed by atoms with Gasteiger partial charge in [-0.1, -0.05) is 61.5 Å². The minimum Gasteiger partial charge on any atom is -0.444 e. The van der Waals surface area contributed by atoms with Gasteiger partial charge in [0, 0.05) is 11.4 Å². The van der Waals surface area contributed by atoms with Crippen LogP contribution < -0.4 is 10.6 Å². The molecule has 3 aromatic carbocycles. The van der Waals surface area contributed by atoms with Gasteiger partial charge in [0.05, 0.1) is 6.07 Å². The summed E-state index contributed by atoms with van der Waals surface area (Å²) >= 11 is 4.25. The maximum Gasteiger partial charge on any atom is 0.408 e. The van der Waals surface area contributed by atoms with Crippen molar-refractivity contribution in [1.82, 2.24) is 10.2 Å². The number of ether oxygens (including phenoxy) is 1. The Hall–Kier alpha value is -4.03. The minimum atomic E-state index is -1.14. The van der Waals surface area contributed by atoms with Gasteiger partial charge in [-0.15, -0.1) is 0 Å². The Balaban J connectivity index is 1.97. The van der Waals surface area contributed by atoms with E-state index in [1.807, 2.05) is 61.5 Å². The molecule has 0 bridgehead atoms. The van der Waals surface area contributed by atoms with Gasteiger partial charge in [-0.05, 0) is 61.2 Å². The molecule has 0 aliphatic rings. The Morgan fingerprint density at radius 3 is 2.28 bits per heavy atom. The number of anilines is 1. The lowest BCUT2D eigenvalue weighted by atomic mass is 10.0. The molecule has 0 heterocycles. The van der Waals surface area contributed by atoms with Crippen molar-refractivity contribution >= 4 is 47.0 Å². The molecule has 3 aromatic rings. The van der Waals surface area contributed by atoms with E-state index in [1.165, 1.54) is 0 Å². The fourth-order valence-electron chi connectivity index (χ4n) is 4.09. The fourth-order valence-corrected chi connectivity index (χ4v) is 4.34. The van der Waals surface area contributed by atoms with E-state index < -0.39 is 35.6 Å². The van der Waals surface area contributed by atoms with Crippen molar-refractivity contribution in [2.75, 3.05) is 17.6 Å². The lowest BCUT2D eigenvalue weighted by Gasteiger charge is -2.32. The van der Waals surface area contributed by atoms with Crippen LogP contribution in [0.15, 0.2) is 66.7 Å². The van der Waals surface area contributed by atoms with E-state index in [9.17, 15) is 19.6 Å². The van der Waals surface area contributed by atoms with Gasteiger partial charge in [-0.2, -0.15) is 17.9 Å². The minimum absolute atomic E-state index is 0.0617. The summed E-state index contributed by atoms with van der Waals surface area (Å²) in [6, 6.07) is 20.3. The van der Waals surface area contributed by atoms with Crippen LogP contribution in [0.25, 0.3) is 10.8 Å². The monoisotopic (exact) mass is 546 g/mol. The Morgan fingerprint density at radius 2 is 1.69 bits per heavy atom. The molecular weight excluding hydrogens is 512 g/mol. The number of rotatable bonds is 9. The molecule has 2 N–H and O–H groups in total. The highest BCUT2D eigenvalue weighted by Gasteiger charge is 2.36. The third-order valence-electron chi connectivity index (χ3n) is 5.98. The topological polar surface area (TPSA) is 112 Å². The molecule has 8 nitrogen and oxygen atoms in total. The first-order chi connectivity index (χ1) is 18.6. The summed E-state index contributed by atoms with van der Waals surface area (Å²) in [6.07, 6.45) is 0.00707. The van der Waals surface area contributed by atoms with Gasteiger partial charge in [0.2, 0.25) is 5.91 Å². The molecule has 0 saturated heterocycles. The van der Waals surface area contributed by atoms with E-state index in [-0.39, 0.29) is 12.3 Å². The van der Waals surface area contributed by atoms with E-state index >= 15 is 0 Å². The van der Waals surface area contributed by atoms with Crippen LogP contribution >= 0.6 is 12.6 Å². The highest BCUT2D eigenvalue weighted by Crippen LogP contribution is 2.26. The Morgan fingerprint density at radius 1 is 1.03 bits per heavy atom. The normalized spacial score (nSPS) is 12.6. The van der Waals surface area contributed by atoms with Gasteiger partial charge in [-0.3, -0.25) is 9.59 Å². The maximum atomic E-state index is 13.8. The molecule has 204 valence electrons. The second kappa shape index (κ2) is 13.2. The molecule has 3 amide bonds.